The molecule has 28 heavy (non-hydrogen) atoms. The number of carbonyl (C=O) groups excluding carboxylic acids is 2. The predicted octanol–water partition coefficient (Wildman–Crippen LogP) is 2.79. The van der Waals surface area contributed by atoms with Crippen LogP contribution in [0.5, 0.6) is 11.5 Å². The summed E-state index contributed by atoms with van der Waals surface area (Å²) in [6, 6.07) is 5.97. The Kier molecular flexibility index (Phi) is 5.88. The second-order valence-electron chi connectivity index (χ2n) is 7.98. The standard InChI is InChI=1S/C21H29N3O4/c25-20(22-12-15-8-9-18-19(11-15)28-14-27-18)16-5-4-10-24(13-16)21(26)23-17-6-2-1-3-7-17/h8-9,11,16-17H,1-7,10,12-14H2,(H,22,25)(H,23,26). The number of piperidine rings is 1. The van der Waals surface area contributed by atoms with E-state index in [0.717, 1.165) is 49.3 Å². The topological polar surface area (TPSA) is 79.9 Å². The minimum atomic E-state index is -0.153. The lowest BCUT2D eigenvalue weighted by atomic mass is 9.95. The highest BCUT2D eigenvalue weighted by molar-refractivity contribution is 5.81. The number of rotatable bonds is 4. The van der Waals surface area contributed by atoms with Crippen LogP contribution in [0, 0.1) is 5.92 Å². The van der Waals surface area contributed by atoms with E-state index in [0.29, 0.717) is 19.1 Å². The molecule has 4 rings (SSSR count). The van der Waals surface area contributed by atoms with Gasteiger partial charge in [0.05, 0.1) is 5.92 Å². The first-order valence-corrected chi connectivity index (χ1v) is 10.4. The summed E-state index contributed by atoms with van der Waals surface area (Å²) < 4.78 is 10.7. The zero-order valence-electron chi connectivity index (χ0n) is 16.2. The van der Waals surface area contributed by atoms with E-state index in [1.54, 1.807) is 0 Å². The third-order valence-corrected chi connectivity index (χ3v) is 5.92. The van der Waals surface area contributed by atoms with E-state index in [4.69, 9.17) is 9.47 Å². The lowest BCUT2D eigenvalue weighted by Gasteiger charge is -2.34. The van der Waals surface area contributed by atoms with Gasteiger partial charge < -0.3 is 25.0 Å². The number of nitrogens with one attached hydrogen (secondary N) is 2. The Morgan fingerprint density at radius 2 is 1.86 bits per heavy atom. The number of hydrogen-bond donors (Lipinski definition) is 2. The molecule has 2 N–H and O–H groups in total. The van der Waals surface area contributed by atoms with Gasteiger partial charge in [-0.2, -0.15) is 0 Å². The molecule has 2 heterocycles. The van der Waals surface area contributed by atoms with Crippen LogP contribution in [-0.4, -0.2) is 42.8 Å². The molecule has 1 saturated heterocycles. The van der Waals surface area contributed by atoms with E-state index in [1.807, 2.05) is 23.1 Å². The Morgan fingerprint density at radius 1 is 1.04 bits per heavy atom. The molecule has 1 aliphatic carbocycles. The van der Waals surface area contributed by atoms with Crippen molar-refractivity contribution < 1.29 is 19.1 Å². The molecule has 0 spiro atoms. The number of fused-ring (bicyclic) bond motifs is 1. The average Bonchev–Trinajstić information content (AvgIpc) is 3.20. The van der Waals surface area contributed by atoms with Crippen LogP contribution in [0.1, 0.15) is 50.5 Å². The van der Waals surface area contributed by atoms with Crippen molar-refractivity contribution in [2.45, 2.75) is 57.5 Å². The van der Waals surface area contributed by atoms with Gasteiger partial charge in [-0.3, -0.25) is 4.79 Å². The van der Waals surface area contributed by atoms with Gasteiger partial charge in [-0.05, 0) is 43.4 Å². The lowest BCUT2D eigenvalue weighted by Crippen LogP contribution is -2.51. The highest BCUT2D eigenvalue weighted by Gasteiger charge is 2.29. The molecule has 3 amide bonds. The molecule has 1 aromatic carbocycles. The van der Waals surface area contributed by atoms with Crippen molar-refractivity contribution in [2.24, 2.45) is 5.92 Å². The summed E-state index contributed by atoms with van der Waals surface area (Å²) in [6.45, 7) is 1.90. The molecule has 1 aromatic rings. The number of urea groups is 1. The van der Waals surface area contributed by atoms with E-state index in [1.165, 1.54) is 19.3 Å². The summed E-state index contributed by atoms with van der Waals surface area (Å²) >= 11 is 0. The fraction of sp³-hybridized carbons (Fsp3) is 0.619. The Morgan fingerprint density at radius 3 is 2.71 bits per heavy atom. The second kappa shape index (κ2) is 8.71. The zero-order valence-corrected chi connectivity index (χ0v) is 16.2. The van der Waals surface area contributed by atoms with Crippen LogP contribution in [0.25, 0.3) is 0 Å². The Balaban J connectivity index is 1.26. The fourth-order valence-corrected chi connectivity index (χ4v) is 4.27. The van der Waals surface area contributed by atoms with Crippen molar-refractivity contribution in [1.82, 2.24) is 15.5 Å². The molecule has 152 valence electrons. The first-order valence-electron chi connectivity index (χ1n) is 10.4. The third kappa shape index (κ3) is 4.51. The van der Waals surface area contributed by atoms with Crippen molar-refractivity contribution in [1.29, 1.82) is 0 Å². The number of amides is 3. The molecular formula is C21H29N3O4. The van der Waals surface area contributed by atoms with Gasteiger partial charge in [-0.25, -0.2) is 4.79 Å². The number of ether oxygens (including phenoxy) is 2. The van der Waals surface area contributed by atoms with Crippen LogP contribution >= 0.6 is 0 Å². The highest BCUT2D eigenvalue weighted by Crippen LogP contribution is 2.32. The highest BCUT2D eigenvalue weighted by atomic mass is 16.7. The van der Waals surface area contributed by atoms with Gasteiger partial charge in [0.15, 0.2) is 11.5 Å². The van der Waals surface area contributed by atoms with Crippen LogP contribution in [-0.2, 0) is 11.3 Å². The van der Waals surface area contributed by atoms with Crippen LogP contribution in [0.15, 0.2) is 18.2 Å². The number of carbonyl (C=O) groups is 2. The molecule has 7 heteroatoms. The Labute approximate surface area is 165 Å². The molecule has 0 aromatic heterocycles. The van der Waals surface area contributed by atoms with E-state index in [9.17, 15) is 9.59 Å². The average molecular weight is 387 g/mol. The summed E-state index contributed by atoms with van der Waals surface area (Å²) in [7, 11) is 0. The van der Waals surface area contributed by atoms with Crippen molar-refractivity contribution in [3.63, 3.8) is 0 Å². The van der Waals surface area contributed by atoms with Gasteiger partial charge in [0.25, 0.3) is 0 Å². The maximum atomic E-state index is 12.6. The fourth-order valence-electron chi connectivity index (χ4n) is 4.27. The molecule has 2 aliphatic heterocycles. The van der Waals surface area contributed by atoms with Crippen molar-refractivity contribution >= 4 is 11.9 Å². The maximum Gasteiger partial charge on any atom is 0.317 e. The van der Waals surface area contributed by atoms with Gasteiger partial charge in [0, 0.05) is 25.7 Å². The molecule has 1 unspecified atom stereocenters. The van der Waals surface area contributed by atoms with Gasteiger partial charge in [-0.1, -0.05) is 25.3 Å². The van der Waals surface area contributed by atoms with Crippen LogP contribution in [0.4, 0.5) is 4.79 Å². The summed E-state index contributed by atoms with van der Waals surface area (Å²) in [4.78, 5) is 27.0. The minimum Gasteiger partial charge on any atom is -0.454 e. The quantitative estimate of drug-likeness (QED) is 0.833. The minimum absolute atomic E-state index is 0.00725. The monoisotopic (exact) mass is 387 g/mol. The van der Waals surface area contributed by atoms with E-state index < -0.39 is 0 Å². The number of hydrogen-bond acceptors (Lipinski definition) is 4. The molecule has 0 radical (unpaired) electrons. The van der Waals surface area contributed by atoms with Crippen molar-refractivity contribution in [3.8, 4) is 11.5 Å². The Hall–Kier alpha value is -2.44. The predicted molar refractivity (Wildman–Crippen MR) is 104 cm³/mol. The normalized spacial score (nSPS) is 22.0. The van der Waals surface area contributed by atoms with E-state index >= 15 is 0 Å². The number of benzene rings is 1. The van der Waals surface area contributed by atoms with Gasteiger partial charge in [0.2, 0.25) is 12.7 Å². The summed E-state index contributed by atoms with van der Waals surface area (Å²) in [5.74, 6) is 1.31. The van der Waals surface area contributed by atoms with E-state index in [2.05, 4.69) is 10.6 Å². The first-order chi connectivity index (χ1) is 13.7. The smallest absolute Gasteiger partial charge is 0.317 e. The van der Waals surface area contributed by atoms with Gasteiger partial charge in [-0.15, -0.1) is 0 Å². The third-order valence-electron chi connectivity index (χ3n) is 5.92. The molecule has 3 aliphatic rings. The van der Waals surface area contributed by atoms with E-state index in [-0.39, 0.29) is 24.6 Å². The maximum absolute atomic E-state index is 12.6. The summed E-state index contributed by atoms with van der Waals surface area (Å²) in [5, 5.41) is 6.17. The molecule has 7 nitrogen and oxygen atoms in total. The second-order valence-corrected chi connectivity index (χ2v) is 7.98. The van der Waals surface area contributed by atoms with Crippen LogP contribution in [0.2, 0.25) is 0 Å². The zero-order chi connectivity index (χ0) is 19.3. The van der Waals surface area contributed by atoms with Gasteiger partial charge in [0.1, 0.15) is 0 Å². The van der Waals surface area contributed by atoms with Crippen LogP contribution in [0.3, 0.4) is 0 Å². The number of likely N-dealkylation sites (tertiary alicyclic amines) is 1. The van der Waals surface area contributed by atoms with Crippen LogP contribution < -0.4 is 20.1 Å². The molecular weight excluding hydrogens is 358 g/mol. The molecule has 0 bridgehead atoms. The summed E-state index contributed by atoms with van der Waals surface area (Å²) in [5.41, 5.74) is 0.973. The first kappa shape index (κ1) is 18.9. The number of nitrogens with zero attached hydrogens (tertiary/aromatic N) is 1. The van der Waals surface area contributed by atoms with Gasteiger partial charge >= 0.3 is 6.03 Å². The SMILES string of the molecule is O=C(NCc1ccc2c(c1)OCO2)C1CCCN(C(=O)NC2CCCCC2)C1. The lowest BCUT2D eigenvalue weighted by molar-refractivity contribution is -0.126. The molecule has 2 fully saturated rings. The molecule has 1 atom stereocenters. The van der Waals surface area contributed by atoms with Crippen molar-refractivity contribution in [3.05, 3.63) is 23.8 Å². The largest absolute Gasteiger partial charge is 0.454 e. The Bertz CT molecular complexity index is 718. The van der Waals surface area contributed by atoms with Crippen molar-refractivity contribution in [2.75, 3.05) is 19.9 Å². The summed E-state index contributed by atoms with van der Waals surface area (Å²) in [6.07, 6.45) is 7.46. The molecule has 1 saturated carbocycles.